The first-order valence-electron chi connectivity index (χ1n) is 11.4. The molecule has 0 amide bonds. The number of hydrogen-bond donors (Lipinski definition) is 1. The average Bonchev–Trinajstić information content (AvgIpc) is 3.19. The summed E-state index contributed by atoms with van der Waals surface area (Å²) in [4.78, 5) is 28.2. The number of ether oxygens (including phenoxy) is 1. The molecule has 1 heterocycles. The Bertz CT molecular complexity index is 891. The molecule has 1 aromatic heterocycles. The van der Waals surface area contributed by atoms with Gasteiger partial charge in [-0.15, -0.1) is 11.3 Å². The molecule has 0 unspecified atom stereocenters. The quantitative estimate of drug-likeness (QED) is 0.197. The van der Waals surface area contributed by atoms with Crippen molar-refractivity contribution in [3.05, 3.63) is 58.6 Å². The molecule has 1 fully saturated rings. The minimum Gasteiger partial charge on any atom is -0.463 e. The molecular weight excluding hydrogens is 422 g/mol. The predicted octanol–water partition coefficient (Wildman–Crippen LogP) is 5.44. The zero-order chi connectivity index (χ0) is 23.0. The Labute approximate surface area is 194 Å². The van der Waals surface area contributed by atoms with Crippen molar-refractivity contribution >= 4 is 29.2 Å². The third kappa shape index (κ3) is 7.10. The van der Waals surface area contributed by atoms with Crippen LogP contribution in [-0.2, 0) is 14.3 Å². The smallest absolute Gasteiger partial charge is 0.306 e. The summed E-state index contributed by atoms with van der Waals surface area (Å²) in [5, 5.41) is 13.6. The highest BCUT2D eigenvalue weighted by Crippen LogP contribution is 2.53. The first-order chi connectivity index (χ1) is 15.4. The lowest BCUT2D eigenvalue weighted by atomic mass is 9.88. The number of allylic oxidation sites excluding steroid dienone is 5. The number of carbonyl (C=O) groups is 2. The topological polar surface area (TPSA) is 76.5 Å². The van der Waals surface area contributed by atoms with Gasteiger partial charge in [0, 0.05) is 34.9 Å². The first kappa shape index (κ1) is 24.3. The number of thiazole rings is 1. The molecule has 172 valence electrons. The molecule has 0 bridgehead atoms. The second-order valence-electron chi connectivity index (χ2n) is 8.82. The van der Waals surface area contributed by atoms with Crippen LogP contribution in [0.15, 0.2) is 53.6 Å². The summed E-state index contributed by atoms with van der Waals surface area (Å²) < 4.78 is 5.13. The molecule has 0 spiro atoms. The molecule has 0 aliphatic heterocycles. The van der Waals surface area contributed by atoms with Crippen LogP contribution in [0, 0.1) is 11.3 Å². The van der Waals surface area contributed by atoms with Crippen LogP contribution in [0.25, 0.3) is 6.08 Å². The summed E-state index contributed by atoms with van der Waals surface area (Å²) in [7, 11) is 0. The van der Waals surface area contributed by atoms with Gasteiger partial charge in [-0.2, -0.15) is 0 Å². The fraction of sp³-hybridized carbons (Fsp3) is 0.500. The van der Waals surface area contributed by atoms with E-state index >= 15 is 0 Å². The van der Waals surface area contributed by atoms with Crippen LogP contribution in [0.1, 0.15) is 63.8 Å². The van der Waals surface area contributed by atoms with Gasteiger partial charge >= 0.3 is 5.97 Å². The number of ketones is 1. The number of unbranched alkanes of at least 4 members (excludes halogenated alkanes) is 1. The van der Waals surface area contributed by atoms with E-state index in [0.717, 1.165) is 42.7 Å². The Morgan fingerprint density at radius 2 is 2.16 bits per heavy atom. The molecular formula is C26H33NO4S. The molecule has 1 aromatic rings. The van der Waals surface area contributed by atoms with E-state index in [9.17, 15) is 14.7 Å². The minimum atomic E-state index is -0.499. The SMILES string of the molecule is CC(C)OC(=O)CCC/C=C\C[C@H]1C=CC(=O)/C1=C/C1([C@@H](O)C/C=C\c2nccs2)CC1. The van der Waals surface area contributed by atoms with Crippen molar-refractivity contribution in [1.29, 1.82) is 0 Å². The van der Waals surface area contributed by atoms with Crippen LogP contribution in [-0.4, -0.2) is 34.1 Å². The van der Waals surface area contributed by atoms with Crippen molar-refractivity contribution in [3.63, 3.8) is 0 Å². The van der Waals surface area contributed by atoms with Gasteiger partial charge in [-0.3, -0.25) is 9.59 Å². The van der Waals surface area contributed by atoms with Crippen molar-refractivity contribution in [2.75, 3.05) is 0 Å². The molecule has 6 heteroatoms. The van der Waals surface area contributed by atoms with Crippen molar-refractivity contribution in [2.24, 2.45) is 11.3 Å². The molecule has 0 radical (unpaired) electrons. The van der Waals surface area contributed by atoms with Crippen molar-refractivity contribution in [2.45, 2.75) is 71.0 Å². The van der Waals surface area contributed by atoms with E-state index in [2.05, 4.69) is 17.1 Å². The largest absolute Gasteiger partial charge is 0.463 e. The van der Waals surface area contributed by atoms with Gasteiger partial charge in [0.05, 0.1) is 12.2 Å². The second kappa shape index (κ2) is 11.5. The van der Waals surface area contributed by atoms with E-state index in [1.807, 2.05) is 43.5 Å². The highest BCUT2D eigenvalue weighted by molar-refractivity contribution is 7.10. The number of esters is 1. The Morgan fingerprint density at radius 1 is 1.34 bits per heavy atom. The Hall–Kier alpha value is -2.31. The number of aliphatic hydroxyl groups is 1. The summed E-state index contributed by atoms with van der Waals surface area (Å²) in [5.41, 5.74) is 0.513. The highest BCUT2D eigenvalue weighted by atomic mass is 32.1. The van der Waals surface area contributed by atoms with Gasteiger partial charge in [-0.05, 0) is 64.5 Å². The fourth-order valence-electron chi connectivity index (χ4n) is 3.89. The molecule has 5 nitrogen and oxygen atoms in total. The number of nitrogens with zero attached hydrogens (tertiary/aromatic N) is 1. The molecule has 32 heavy (non-hydrogen) atoms. The third-order valence-corrected chi connectivity index (χ3v) is 6.59. The van der Waals surface area contributed by atoms with Gasteiger partial charge in [0.25, 0.3) is 0 Å². The van der Waals surface area contributed by atoms with Gasteiger partial charge in [0.1, 0.15) is 5.01 Å². The van der Waals surface area contributed by atoms with Crippen molar-refractivity contribution in [3.8, 4) is 0 Å². The monoisotopic (exact) mass is 455 g/mol. The molecule has 0 saturated heterocycles. The maximum atomic E-state index is 12.4. The Morgan fingerprint density at radius 3 is 2.84 bits per heavy atom. The van der Waals surface area contributed by atoms with Gasteiger partial charge < -0.3 is 9.84 Å². The van der Waals surface area contributed by atoms with Crippen molar-refractivity contribution in [1.82, 2.24) is 4.98 Å². The summed E-state index contributed by atoms with van der Waals surface area (Å²) in [6.07, 6.45) is 20.0. The number of aliphatic hydroxyl groups excluding tert-OH is 1. The van der Waals surface area contributed by atoms with E-state index < -0.39 is 6.10 Å². The predicted molar refractivity (Wildman–Crippen MR) is 128 cm³/mol. The van der Waals surface area contributed by atoms with Crippen LogP contribution < -0.4 is 0 Å². The fourth-order valence-corrected chi connectivity index (χ4v) is 4.45. The van der Waals surface area contributed by atoms with Crippen LogP contribution in [0.2, 0.25) is 0 Å². The lowest BCUT2D eigenvalue weighted by Crippen LogP contribution is -2.21. The van der Waals surface area contributed by atoms with Gasteiger partial charge in [0.15, 0.2) is 5.78 Å². The van der Waals surface area contributed by atoms with Crippen molar-refractivity contribution < 1.29 is 19.4 Å². The number of carbonyl (C=O) groups excluding carboxylic acids is 2. The van der Waals surface area contributed by atoms with Gasteiger partial charge in [-0.25, -0.2) is 4.98 Å². The molecule has 1 N–H and O–H groups in total. The summed E-state index contributed by atoms with van der Waals surface area (Å²) in [6.45, 7) is 3.70. The summed E-state index contributed by atoms with van der Waals surface area (Å²) >= 11 is 1.57. The zero-order valence-corrected chi connectivity index (χ0v) is 19.7. The molecule has 2 atom stereocenters. The standard InChI is InChI=1S/C26H33NO4S/c1-19(2)31-25(30)11-6-4-3-5-8-20-12-13-22(28)21(20)18-26(14-15-26)23(29)9-7-10-24-27-16-17-32-24/h3,5,7,10,12-13,16-20,23,29H,4,6,8-9,11,14-15H2,1-2H3/b5-3-,10-7-,21-18+/t20-,23-/m0/s1. The van der Waals surface area contributed by atoms with Gasteiger partial charge in [0.2, 0.25) is 0 Å². The lowest BCUT2D eigenvalue weighted by Gasteiger charge is -2.19. The minimum absolute atomic E-state index is 0.0524. The molecule has 2 aliphatic rings. The third-order valence-electron chi connectivity index (χ3n) is 5.84. The van der Waals surface area contributed by atoms with Crippen LogP contribution in [0.5, 0.6) is 0 Å². The van der Waals surface area contributed by atoms with Crippen LogP contribution in [0.3, 0.4) is 0 Å². The van der Waals surface area contributed by atoms with E-state index in [1.54, 1.807) is 23.6 Å². The van der Waals surface area contributed by atoms with E-state index in [-0.39, 0.29) is 29.2 Å². The Kier molecular flexibility index (Phi) is 8.76. The summed E-state index contributed by atoms with van der Waals surface area (Å²) in [5.74, 6) is -0.0467. The van der Waals surface area contributed by atoms with E-state index in [1.165, 1.54) is 0 Å². The highest BCUT2D eigenvalue weighted by Gasteiger charge is 2.47. The summed E-state index contributed by atoms with van der Waals surface area (Å²) in [6, 6.07) is 0. The first-order valence-corrected chi connectivity index (χ1v) is 12.3. The normalized spacial score (nSPS) is 21.9. The van der Waals surface area contributed by atoms with E-state index in [4.69, 9.17) is 4.74 Å². The second-order valence-corrected chi connectivity index (χ2v) is 9.75. The zero-order valence-electron chi connectivity index (χ0n) is 18.9. The maximum Gasteiger partial charge on any atom is 0.306 e. The maximum absolute atomic E-state index is 12.4. The van der Waals surface area contributed by atoms with E-state index in [0.29, 0.717) is 12.8 Å². The molecule has 3 rings (SSSR count). The van der Waals surface area contributed by atoms with Crippen LogP contribution in [0.4, 0.5) is 0 Å². The number of rotatable bonds is 12. The lowest BCUT2D eigenvalue weighted by molar-refractivity contribution is -0.147. The molecule has 1 saturated carbocycles. The molecule has 2 aliphatic carbocycles. The number of hydrogen-bond acceptors (Lipinski definition) is 6. The van der Waals surface area contributed by atoms with Gasteiger partial charge in [-0.1, -0.05) is 30.4 Å². The molecule has 0 aromatic carbocycles. The van der Waals surface area contributed by atoms with Crippen LogP contribution >= 0.6 is 11.3 Å². The Balaban J connectivity index is 1.49. The average molecular weight is 456 g/mol. The number of aromatic nitrogens is 1.